The second kappa shape index (κ2) is 5.74. The maximum absolute atomic E-state index is 13.9. The maximum atomic E-state index is 13.9. The van der Waals surface area contributed by atoms with Gasteiger partial charge in [-0.25, -0.2) is 31.4 Å². The van der Waals surface area contributed by atoms with Crippen molar-refractivity contribution < 1.29 is 31.5 Å². The second-order valence-corrected chi connectivity index (χ2v) is 6.52. The van der Waals surface area contributed by atoms with Gasteiger partial charge >= 0.3 is 6.09 Å². The lowest BCUT2D eigenvalue weighted by Gasteiger charge is -2.17. The van der Waals surface area contributed by atoms with Gasteiger partial charge < -0.3 is 5.11 Å². The Bertz CT molecular complexity index is 842. The fourth-order valence-corrected chi connectivity index (χ4v) is 3.67. The number of hydrogen-bond donors (Lipinski definition) is 1. The Labute approximate surface area is 130 Å². The Morgan fingerprint density at radius 3 is 2.45 bits per heavy atom. The Hall–Kier alpha value is -1.85. The molecule has 1 aromatic carbocycles. The van der Waals surface area contributed by atoms with Crippen molar-refractivity contribution in [3.05, 3.63) is 39.4 Å². The molecule has 118 valence electrons. The van der Waals surface area contributed by atoms with Gasteiger partial charge in [0.2, 0.25) is 0 Å². The van der Waals surface area contributed by atoms with Crippen molar-refractivity contribution in [1.82, 2.24) is 4.98 Å². The summed E-state index contributed by atoms with van der Waals surface area (Å²) in [7, 11) is -5.25. The Kier molecular flexibility index (Phi) is 4.31. The minimum atomic E-state index is -5.25. The second-order valence-electron chi connectivity index (χ2n) is 3.70. The first-order chi connectivity index (χ1) is 10.2. The highest BCUT2D eigenvalue weighted by molar-refractivity contribution is 7.93. The summed E-state index contributed by atoms with van der Waals surface area (Å²) in [6.45, 7) is 0. The van der Waals surface area contributed by atoms with E-state index in [-0.39, 0.29) is 10.4 Å². The molecule has 1 aromatic heterocycles. The number of nitrogens with zero attached hydrogens (tertiary/aromatic N) is 2. The summed E-state index contributed by atoms with van der Waals surface area (Å²) in [5.74, 6) is -5.86. The van der Waals surface area contributed by atoms with E-state index in [1.54, 1.807) is 0 Å². The van der Waals surface area contributed by atoms with Crippen LogP contribution in [0, 0.1) is 17.5 Å². The van der Waals surface area contributed by atoms with Gasteiger partial charge in [0.1, 0.15) is 16.7 Å². The fraction of sp³-hybridized carbons (Fsp3) is 0. The van der Waals surface area contributed by atoms with Crippen molar-refractivity contribution >= 4 is 44.9 Å². The SMILES string of the molecule is O=C(O)N(c1cscn1)S(=O)(=O)c1c(F)cc(F)c(Cl)c1F. The van der Waals surface area contributed by atoms with Crippen molar-refractivity contribution in [1.29, 1.82) is 0 Å². The highest BCUT2D eigenvalue weighted by Gasteiger charge is 2.38. The van der Waals surface area contributed by atoms with Gasteiger partial charge in [-0.2, -0.15) is 0 Å². The molecule has 0 atom stereocenters. The van der Waals surface area contributed by atoms with E-state index >= 15 is 0 Å². The maximum Gasteiger partial charge on any atom is 0.427 e. The smallest absolute Gasteiger partial charge is 0.427 e. The van der Waals surface area contributed by atoms with Crippen LogP contribution >= 0.6 is 22.9 Å². The van der Waals surface area contributed by atoms with Crippen LogP contribution in [-0.4, -0.2) is 24.6 Å². The Morgan fingerprint density at radius 2 is 1.95 bits per heavy atom. The number of carbonyl (C=O) groups is 1. The van der Waals surface area contributed by atoms with Crippen molar-refractivity contribution in [2.24, 2.45) is 0 Å². The molecule has 1 heterocycles. The molecule has 0 saturated carbocycles. The number of rotatable bonds is 3. The van der Waals surface area contributed by atoms with E-state index in [0.29, 0.717) is 0 Å². The first kappa shape index (κ1) is 16.5. The molecular weight excluding hydrogens is 369 g/mol. The van der Waals surface area contributed by atoms with Crippen LogP contribution in [0.4, 0.5) is 23.8 Å². The number of hydrogen-bond acceptors (Lipinski definition) is 5. The van der Waals surface area contributed by atoms with Gasteiger partial charge in [-0.1, -0.05) is 11.6 Å². The molecule has 22 heavy (non-hydrogen) atoms. The summed E-state index contributed by atoms with van der Waals surface area (Å²) in [6, 6.07) is 0.0410. The summed E-state index contributed by atoms with van der Waals surface area (Å²) in [5, 5.41) is 8.77. The Morgan fingerprint density at radius 1 is 1.32 bits per heavy atom. The highest BCUT2D eigenvalue weighted by atomic mass is 35.5. The molecule has 0 spiro atoms. The van der Waals surface area contributed by atoms with Crippen LogP contribution in [0.2, 0.25) is 5.02 Å². The van der Waals surface area contributed by atoms with Crippen LogP contribution < -0.4 is 4.31 Å². The molecule has 2 aromatic rings. The summed E-state index contributed by atoms with van der Waals surface area (Å²) in [5.41, 5.74) is 1.12. The van der Waals surface area contributed by atoms with Gasteiger partial charge in [0, 0.05) is 11.4 Å². The average molecular weight is 373 g/mol. The lowest BCUT2D eigenvalue weighted by Crippen LogP contribution is -2.37. The van der Waals surface area contributed by atoms with Gasteiger partial charge in [0.25, 0.3) is 10.0 Å². The first-order valence-electron chi connectivity index (χ1n) is 5.17. The van der Waals surface area contributed by atoms with E-state index in [4.69, 9.17) is 16.7 Å². The monoisotopic (exact) mass is 372 g/mol. The molecule has 1 N–H and O–H groups in total. The van der Waals surface area contributed by atoms with E-state index in [1.807, 2.05) is 0 Å². The first-order valence-corrected chi connectivity index (χ1v) is 7.93. The predicted molar refractivity (Wildman–Crippen MR) is 71.1 cm³/mol. The number of aromatic nitrogens is 1. The molecular formula is C10H4ClF3N2O4S2. The van der Waals surface area contributed by atoms with Gasteiger partial charge in [-0.15, -0.1) is 15.6 Å². The normalized spacial score (nSPS) is 11.5. The highest BCUT2D eigenvalue weighted by Crippen LogP contribution is 2.32. The quantitative estimate of drug-likeness (QED) is 0.660. The molecule has 6 nitrogen and oxygen atoms in total. The molecule has 0 fully saturated rings. The number of benzene rings is 1. The number of sulfonamides is 1. The average Bonchev–Trinajstić information content (AvgIpc) is 2.88. The zero-order valence-corrected chi connectivity index (χ0v) is 12.5. The molecule has 12 heteroatoms. The fourth-order valence-electron chi connectivity index (χ4n) is 1.51. The zero-order chi connectivity index (χ0) is 16.7. The van der Waals surface area contributed by atoms with Crippen LogP contribution in [0.3, 0.4) is 0 Å². The topological polar surface area (TPSA) is 87.6 Å². The minimum Gasteiger partial charge on any atom is -0.464 e. The molecule has 0 saturated heterocycles. The van der Waals surface area contributed by atoms with Gasteiger partial charge in [-0.3, -0.25) is 0 Å². The predicted octanol–water partition coefficient (Wildman–Crippen LogP) is 3.09. The number of thiazole rings is 1. The molecule has 0 aliphatic carbocycles. The number of anilines is 1. The van der Waals surface area contributed by atoms with Crippen LogP contribution in [0.25, 0.3) is 0 Å². The lowest BCUT2D eigenvalue weighted by molar-refractivity contribution is 0.206. The van der Waals surface area contributed by atoms with Gasteiger partial charge in [0.15, 0.2) is 16.5 Å². The third-order valence-corrected chi connectivity index (χ3v) is 5.01. The van der Waals surface area contributed by atoms with Crippen molar-refractivity contribution in [3.8, 4) is 0 Å². The largest absolute Gasteiger partial charge is 0.464 e. The third kappa shape index (κ3) is 2.62. The van der Waals surface area contributed by atoms with E-state index in [1.165, 1.54) is 0 Å². The van der Waals surface area contributed by atoms with Crippen LogP contribution in [0.1, 0.15) is 0 Å². The minimum absolute atomic E-state index is 0.0410. The number of carboxylic acid groups (broad SMARTS) is 1. The van der Waals surface area contributed by atoms with E-state index < -0.39 is 49.3 Å². The molecule has 2 rings (SSSR count). The third-order valence-electron chi connectivity index (χ3n) is 2.37. The molecule has 0 bridgehead atoms. The Balaban J connectivity index is 2.75. The number of halogens is 4. The summed E-state index contributed by atoms with van der Waals surface area (Å²) < 4.78 is 64.8. The molecule has 0 aliphatic heterocycles. The van der Waals surface area contributed by atoms with Crippen LogP contribution in [-0.2, 0) is 10.0 Å². The molecule has 0 radical (unpaired) electrons. The number of amides is 1. The molecule has 0 aliphatic rings. The van der Waals surface area contributed by atoms with Gasteiger partial charge in [-0.05, 0) is 0 Å². The zero-order valence-electron chi connectivity index (χ0n) is 10.1. The van der Waals surface area contributed by atoms with E-state index in [9.17, 15) is 26.4 Å². The summed E-state index contributed by atoms with van der Waals surface area (Å²) in [4.78, 5) is 12.9. The van der Waals surface area contributed by atoms with Gasteiger partial charge in [0.05, 0.1) is 5.51 Å². The van der Waals surface area contributed by atoms with Crippen molar-refractivity contribution in [3.63, 3.8) is 0 Å². The lowest BCUT2D eigenvalue weighted by atomic mass is 10.3. The van der Waals surface area contributed by atoms with Crippen molar-refractivity contribution in [2.75, 3.05) is 4.31 Å². The standard InChI is InChI=1S/C10H4ClF3N2O4S2/c11-7-4(12)1-5(13)9(8(7)14)22(19,20)16(10(17)18)6-2-21-3-15-6/h1-3H,(H,17,18). The summed E-state index contributed by atoms with van der Waals surface area (Å²) >= 11 is 6.07. The molecule has 0 unspecified atom stereocenters. The summed E-state index contributed by atoms with van der Waals surface area (Å²) in [6.07, 6.45) is -2.05. The molecule has 1 amide bonds. The van der Waals surface area contributed by atoms with E-state index in [2.05, 4.69) is 4.98 Å². The van der Waals surface area contributed by atoms with E-state index in [0.717, 1.165) is 22.2 Å². The van der Waals surface area contributed by atoms with Crippen LogP contribution in [0.5, 0.6) is 0 Å². The van der Waals surface area contributed by atoms with Crippen molar-refractivity contribution in [2.45, 2.75) is 4.90 Å². The van der Waals surface area contributed by atoms with Crippen LogP contribution in [0.15, 0.2) is 21.9 Å².